The second-order valence-corrected chi connectivity index (χ2v) is 10.8. The van der Waals surface area contributed by atoms with Crippen molar-refractivity contribution in [3.63, 3.8) is 0 Å². The summed E-state index contributed by atoms with van der Waals surface area (Å²) in [6, 6.07) is -2.32. The largest absolute Gasteiger partial charge is 0.444 e. The van der Waals surface area contributed by atoms with Gasteiger partial charge in [0.05, 0.1) is 18.2 Å². The molecule has 4 unspecified atom stereocenters. The number of carbonyl (C=O) groups excluding carboxylic acids is 4. The van der Waals surface area contributed by atoms with Crippen LogP contribution in [0.3, 0.4) is 0 Å². The first-order valence-corrected chi connectivity index (χ1v) is 13.7. The average Bonchev–Trinajstić information content (AvgIpc) is 2.87. The molecule has 0 aromatic carbocycles. The fourth-order valence-corrected chi connectivity index (χ4v) is 3.85. The Kier molecular flexibility index (Phi) is 15.4. The van der Waals surface area contributed by atoms with Gasteiger partial charge in [0.1, 0.15) is 24.5 Å². The number of piperidine rings is 1. The molecule has 13 nitrogen and oxygen atoms in total. The summed E-state index contributed by atoms with van der Waals surface area (Å²) in [4.78, 5) is 54.1. The van der Waals surface area contributed by atoms with Crippen LogP contribution in [-0.2, 0) is 28.6 Å². The SMILES string of the molecule is C=CCOC(=O)/N=C(\N)N1CCCC(NC(=O)C(C)NC(=O)C(N)COC(C)(C)C)C1OCCCCCC(C)=O. The van der Waals surface area contributed by atoms with Crippen LogP contribution >= 0.6 is 0 Å². The minimum absolute atomic E-state index is 0.00984. The second kappa shape index (κ2) is 17.6. The molecule has 3 amide bonds. The third kappa shape index (κ3) is 13.9. The van der Waals surface area contributed by atoms with Gasteiger partial charge in [-0.05, 0) is 60.3 Å². The number of carbonyl (C=O) groups is 4. The van der Waals surface area contributed by atoms with Crippen LogP contribution in [0.25, 0.3) is 0 Å². The highest BCUT2D eigenvalue weighted by Crippen LogP contribution is 2.20. The summed E-state index contributed by atoms with van der Waals surface area (Å²) < 4.78 is 16.6. The molecule has 0 aliphatic carbocycles. The number of amides is 3. The molecule has 6 N–H and O–H groups in total. The average molecular weight is 569 g/mol. The minimum Gasteiger partial charge on any atom is -0.444 e. The zero-order valence-electron chi connectivity index (χ0n) is 24.6. The first-order valence-electron chi connectivity index (χ1n) is 13.7. The van der Waals surface area contributed by atoms with Crippen LogP contribution in [0.1, 0.15) is 73.1 Å². The highest BCUT2D eigenvalue weighted by molar-refractivity contribution is 5.90. The van der Waals surface area contributed by atoms with E-state index in [1.807, 2.05) is 20.8 Å². The predicted molar refractivity (Wildman–Crippen MR) is 151 cm³/mol. The number of rotatable bonds is 15. The van der Waals surface area contributed by atoms with Gasteiger partial charge in [-0.25, -0.2) is 4.79 Å². The Morgan fingerprint density at radius 2 is 1.88 bits per heavy atom. The molecule has 1 heterocycles. The number of nitrogens with two attached hydrogens (primary N) is 2. The summed E-state index contributed by atoms with van der Waals surface area (Å²) in [5.74, 6) is -0.899. The third-order valence-electron chi connectivity index (χ3n) is 5.96. The normalized spacial score (nSPS) is 19.4. The number of nitrogens with one attached hydrogen (secondary N) is 2. The summed E-state index contributed by atoms with van der Waals surface area (Å²) in [6.07, 6.45) is 3.80. The monoisotopic (exact) mass is 568 g/mol. The summed E-state index contributed by atoms with van der Waals surface area (Å²) in [7, 11) is 0. The maximum Gasteiger partial charge on any atom is 0.437 e. The molecule has 1 rings (SSSR count). The van der Waals surface area contributed by atoms with Crippen LogP contribution in [0.5, 0.6) is 0 Å². The van der Waals surface area contributed by atoms with Crippen molar-refractivity contribution >= 4 is 29.7 Å². The maximum absolute atomic E-state index is 13.0. The molecule has 0 saturated carbocycles. The lowest BCUT2D eigenvalue weighted by atomic mass is 10.0. The predicted octanol–water partition coefficient (Wildman–Crippen LogP) is 1.34. The molecule has 228 valence electrons. The van der Waals surface area contributed by atoms with Crippen molar-refractivity contribution in [3.8, 4) is 0 Å². The Hall–Kier alpha value is -3.03. The number of hydrogen-bond donors (Lipinski definition) is 4. The quantitative estimate of drug-likeness (QED) is 0.0971. The first-order chi connectivity index (χ1) is 18.7. The molecular formula is C27H48N6O7. The van der Waals surface area contributed by atoms with Gasteiger partial charge < -0.3 is 46.0 Å². The van der Waals surface area contributed by atoms with Crippen molar-refractivity contribution in [2.24, 2.45) is 16.5 Å². The zero-order valence-corrected chi connectivity index (χ0v) is 24.6. The van der Waals surface area contributed by atoms with Crippen LogP contribution in [-0.4, -0.2) is 90.9 Å². The fraction of sp³-hybridized carbons (Fsp3) is 0.741. The van der Waals surface area contributed by atoms with Crippen molar-refractivity contribution < 1.29 is 33.4 Å². The number of likely N-dealkylation sites (tertiary alicyclic amines) is 1. The molecule has 1 aliphatic rings. The van der Waals surface area contributed by atoms with Crippen molar-refractivity contribution in [2.45, 2.75) is 103 Å². The van der Waals surface area contributed by atoms with Crippen LogP contribution in [0.15, 0.2) is 17.6 Å². The number of nitrogens with zero attached hydrogens (tertiary/aromatic N) is 2. The van der Waals surface area contributed by atoms with Gasteiger partial charge in [-0.1, -0.05) is 19.1 Å². The second-order valence-electron chi connectivity index (χ2n) is 10.8. The highest BCUT2D eigenvalue weighted by Gasteiger charge is 2.36. The van der Waals surface area contributed by atoms with Crippen molar-refractivity contribution in [1.82, 2.24) is 15.5 Å². The Bertz CT molecular complexity index is 889. The summed E-state index contributed by atoms with van der Waals surface area (Å²) in [5, 5.41) is 5.55. The summed E-state index contributed by atoms with van der Waals surface area (Å²) in [5.41, 5.74) is 11.6. The van der Waals surface area contributed by atoms with Crippen molar-refractivity contribution in [1.29, 1.82) is 0 Å². The molecule has 40 heavy (non-hydrogen) atoms. The third-order valence-corrected chi connectivity index (χ3v) is 5.96. The molecule has 4 atom stereocenters. The van der Waals surface area contributed by atoms with E-state index in [1.54, 1.807) is 18.7 Å². The van der Waals surface area contributed by atoms with E-state index < -0.39 is 47.9 Å². The molecular weight excluding hydrogens is 520 g/mol. The number of unbranched alkanes of at least 4 members (excludes halogenated alkanes) is 2. The molecule has 1 saturated heterocycles. The lowest BCUT2D eigenvalue weighted by molar-refractivity contribution is -0.133. The van der Waals surface area contributed by atoms with E-state index in [2.05, 4.69) is 22.2 Å². The maximum atomic E-state index is 13.0. The Morgan fingerprint density at radius 1 is 1.18 bits per heavy atom. The van der Waals surface area contributed by atoms with Crippen molar-refractivity contribution in [3.05, 3.63) is 12.7 Å². The molecule has 0 bridgehead atoms. The zero-order chi connectivity index (χ0) is 30.3. The molecule has 1 aliphatic heterocycles. The van der Waals surface area contributed by atoms with E-state index >= 15 is 0 Å². The minimum atomic E-state index is -0.935. The Morgan fingerprint density at radius 3 is 2.50 bits per heavy atom. The molecule has 13 heteroatoms. The lowest BCUT2D eigenvalue weighted by Gasteiger charge is -2.41. The highest BCUT2D eigenvalue weighted by atomic mass is 16.5. The first kappa shape index (κ1) is 35.0. The molecule has 0 spiro atoms. The van der Waals surface area contributed by atoms with E-state index in [-0.39, 0.29) is 25.0 Å². The van der Waals surface area contributed by atoms with Crippen LogP contribution in [0.2, 0.25) is 0 Å². The number of ketones is 1. The van der Waals surface area contributed by atoms with Crippen molar-refractivity contribution in [2.75, 3.05) is 26.4 Å². The van der Waals surface area contributed by atoms with Gasteiger partial charge in [-0.15, -0.1) is 4.99 Å². The number of aliphatic imine (C=N–C) groups is 1. The van der Waals surface area contributed by atoms with E-state index in [0.29, 0.717) is 38.8 Å². The number of guanidine groups is 1. The Labute approximate surface area is 237 Å². The van der Waals surface area contributed by atoms with E-state index in [0.717, 1.165) is 12.8 Å². The van der Waals surface area contributed by atoms with Crippen LogP contribution in [0, 0.1) is 0 Å². The molecule has 0 radical (unpaired) electrons. The summed E-state index contributed by atoms with van der Waals surface area (Å²) >= 11 is 0. The van der Waals surface area contributed by atoms with Gasteiger partial charge in [0.15, 0.2) is 6.23 Å². The van der Waals surface area contributed by atoms with Gasteiger partial charge in [-0.2, -0.15) is 0 Å². The van der Waals surface area contributed by atoms with E-state index in [1.165, 1.54) is 6.08 Å². The number of Topliss-reactive ketones (excluding diaryl/α,β-unsaturated/α-hetero) is 1. The summed E-state index contributed by atoms with van der Waals surface area (Å²) in [6.45, 7) is 13.0. The number of ether oxygens (including phenoxy) is 3. The van der Waals surface area contributed by atoms with E-state index in [9.17, 15) is 19.2 Å². The molecule has 0 aromatic rings. The van der Waals surface area contributed by atoms with Gasteiger partial charge in [0.2, 0.25) is 17.8 Å². The van der Waals surface area contributed by atoms with Gasteiger partial charge >= 0.3 is 6.09 Å². The topological polar surface area (TPSA) is 188 Å². The van der Waals surface area contributed by atoms with Crippen LogP contribution < -0.4 is 22.1 Å². The van der Waals surface area contributed by atoms with Gasteiger partial charge in [-0.3, -0.25) is 9.59 Å². The Balaban J connectivity index is 2.89. The standard InChI is InChI=1S/C27H48N6O7/c1-7-15-39-26(37)32-25(29)33-14-11-13-21(24(33)38-16-10-8-9-12-18(2)34)31-22(35)19(3)30-23(36)20(28)17-40-27(4,5)6/h7,19-21,24H,1,8-17,28H2,2-6H3,(H,30,36)(H,31,35)(H2,29,32,37). The van der Waals surface area contributed by atoms with Gasteiger partial charge in [0, 0.05) is 19.6 Å². The molecule has 1 fully saturated rings. The lowest BCUT2D eigenvalue weighted by Crippen LogP contribution is -2.62. The molecule has 0 aromatic heterocycles. The number of hydrogen-bond acceptors (Lipinski definition) is 8. The van der Waals surface area contributed by atoms with Crippen LogP contribution in [0.4, 0.5) is 4.79 Å². The fourth-order valence-electron chi connectivity index (χ4n) is 3.85. The smallest absolute Gasteiger partial charge is 0.437 e. The van der Waals surface area contributed by atoms with Gasteiger partial charge in [0.25, 0.3) is 0 Å². The van der Waals surface area contributed by atoms with E-state index in [4.69, 9.17) is 25.7 Å².